The van der Waals surface area contributed by atoms with Crippen LogP contribution in [0, 0.1) is 0 Å². The van der Waals surface area contributed by atoms with Gasteiger partial charge < -0.3 is 5.32 Å². The molecule has 0 aliphatic rings. The SMILES string of the molecule is CCCCCCCCCCCn1nnnc1NCc1ccccc1. The van der Waals surface area contributed by atoms with Gasteiger partial charge in [0.1, 0.15) is 0 Å². The van der Waals surface area contributed by atoms with Crippen molar-refractivity contribution in [1.82, 2.24) is 20.2 Å². The highest BCUT2D eigenvalue weighted by Gasteiger charge is 2.05. The van der Waals surface area contributed by atoms with E-state index in [-0.39, 0.29) is 0 Å². The minimum absolute atomic E-state index is 0.749. The minimum atomic E-state index is 0.749. The first-order valence-electron chi connectivity index (χ1n) is 9.44. The van der Waals surface area contributed by atoms with Gasteiger partial charge in [0, 0.05) is 13.1 Å². The summed E-state index contributed by atoms with van der Waals surface area (Å²) in [7, 11) is 0. The van der Waals surface area contributed by atoms with Crippen molar-refractivity contribution in [2.24, 2.45) is 0 Å². The van der Waals surface area contributed by atoms with Crippen molar-refractivity contribution in [3.63, 3.8) is 0 Å². The molecule has 132 valence electrons. The van der Waals surface area contributed by atoms with Crippen LogP contribution in [0.5, 0.6) is 0 Å². The number of aryl methyl sites for hydroxylation is 1. The maximum Gasteiger partial charge on any atom is 0.243 e. The van der Waals surface area contributed by atoms with Crippen molar-refractivity contribution in [1.29, 1.82) is 0 Å². The van der Waals surface area contributed by atoms with Crippen LogP contribution in [0.2, 0.25) is 0 Å². The number of hydrogen-bond acceptors (Lipinski definition) is 4. The van der Waals surface area contributed by atoms with E-state index in [0.29, 0.717) is 0 Å². The van der Waals surface area contributed by atoms with E-state index >= 15 is 0 Å². The zero-order chi connectivity index (χ0) is 16.9. The van der Waals surface area contributed by atoms with Gasteiger partial charge in [-0.25, -0.2) is 4.68 Å². The minimum Gasteiger partial charge on any atom is -0.349 e. The van der Waals surface area contributed by atoms with Crippen molar-refractivity contribution < 1.29 is 0 Å². The van der Waals surface area contributed by atoms with E-state index in [9.17, 15) is 0 Å². The van der Waals surface area contributed by atoms with Gasteiger partial charge >= 0.3 is 0 Å². The summed E-state index contributed by atoms with van der Waals surface area (Å²) < 4.78 is 1.88. The quantitative estimate of drug-likeness (QED) is 0.535. The summed E-state index contributed by atoms with van der Waals surface area (Å²) in [4.78, 5) is 0. The largest absolute Gasteiger partial charge is 0.349 e. The summed E-state index contributed by atoms with van der Waals surface area (Å²) in [6.45, 7) is 3.90. The highest BCUT2D eigenvalue weighted by molar-refractivity contribution is 5.25. The van der Waals surface area contributed by atoms with Crippen molar-refractivity contribution in [3.05, 3.63) is 35.9 Å². The molecule has 0 amide bonds. The molecule has 24 heavy (non-hydrogen) atoms. The number of hydrogen-bond donors (Lipinski definition) is 1. The summed E-state index contributed by atoms with van der Waals surface area (Å²) in [5, 5.41) is 15.3. The van der Waals surface area contributed by atoms with Gasteiger partial charge in [0.2, 0.25) is 5.95 Å². The van der Waals surface area contributed by atoms with E-state index in [1.54, 1.807) is 0 Å². The third kappa shape index (κ3) is 7.11. The van der Waals surface area contributed by atoms with Crippen LogP contribution < -0.4 is 5.32 Å². The molecule has 2 rings (SSSR count). The predicted molar refractivity (Wildman–Crippen MR) is 98.8 cm³/mol. The number of unbranched alkanes of at least 4 members (excludes halogenated alkanes) is 8. The molecule has 0 atom stereocenters. The molecule has 0 aliphatic carbocycles. The van der Waals surface area contributed by atoms with Gasteiger partial charge in [0.05, 0.1) is 0 Å². The van der Waals surface area contributed by atoms with E-state index < -0.39 is 0 Å². The van der Waals surface area contributed by atoms with E-state index in [2.05, 4.69) is 39.9 Å². The molecular formula is C19H31N5. The molecule has 0 saturated heterocycles. The summed E-state index contributed by atoms with van der Waals surface area (Å²) in [6, 6.07) is 10.3. The number of tetrazole rings is 1. The van der Waals surface area contributed by atoms with E-state index in [1.165, 1.54) is 56.9 Å². The molecule has 0 saturated carbocycles. The predicted octanol–water partition coefficient (Wildman–Crippen LogP) is 4.82. The fraction of sp³-hybridized carbons (Fsp3) is 0.632. The van der Waals surface area contributed by atoms with E-state index in [1.807, 2.05) is 22.9 Å². The number of anilines is 1. The molecule has 1 heterocycles. The molecule has 1 N–H and O–H groups in total. The molecule has 0 radical (unpaired) electrons. The Morgan fingerprint density at radius 1 is 0.875 bits per heavy atom. The first kappa shape index (κ1) is 18.4. The molecule has 5 nitrogen and oxygen atoms in total. The second kappa shape index (κ2) is 11.6. The molecule has 2 aromatic rings. The third-order valence-electron chi connectivity index (χ3n) is 4.30. The standard InChI is InChI=1S/C19H31N5/c1-2-3-4-5-6-7-8-9-13-16-24-19(21-22-23-24)20-17-18-14-11-10-12-15-18/h10-12,14-15H,2-9,13,16-17H2,1H3,(H,20,21,23). The van der Waals surface area contributed by atoms with Gasteiger partial charge in [-0.05, 0) is 22.4 Å². The lowest BCUT2D eigenvalue weighted by Gasteiger charge is -2.07. The van der Waals surface area contributed by atoms with Crippen LogP contribution in [0.15, 0.2) is 30.3 Å². The molecule has 0 unspecified atom stereocenters. The number of rotatable bonds is 13. The van der Waals surface area contributed by atoms with Gasteiger partial charge in [-0.15, -0.1) is 0 Å². The van der Waals surface area contributed by atoms with Gasteiger partial charge in [-0.3, -0.25) is 0 Å². The molecule has 1 aromatic heterocycles. The van der Waals surface area contributed by atoms with Crippen LogP contribution >= 0.6 is 0 Å². The second-order valence-electron chi connectivity index (χ2n) is 6.39. The molecular weight excluding hydrogens is 298 g/mol. The van der Waals surface area contributed by atoms with Crippen LogP contribution in [0.4, 0.5) is 5.95 Å². The zero-order valence-electron chi connectivity index (χ0n) is 15.0. The topological polar surface area (TPSA) is 55.6 Å². The van der Waals surface area contributed by atoms with Crippen molar-refractivity contribution in [2.75, 3.05) is 5.32 Å². The highest BCUT2D eigenvalue weighted by Crippen LogP contribution is 2.11. The Bertz CT molecular complexity index is 538. The lowest BCUT2D eigenvalue weighted by Crippen LogP contribution is -2.09. The van der Waals surface area contributed by atoms with E-state index in [0.717, 1.165) is 25.5 Å². The number of benzene rings is 1. The van der Waals surface area contributed by atoms with Crippen LogP contribution in [0.3, 0.4) is 0 Å². The second-order valence-corrected chi connectivity index (χ2v) is 6.39. The van der Waals surface area contributed by atoms with Crippen molar-refractivity contribution in [3.8, 4) is 0 Å². The number of nitrogens with zero attached hydrogens (tertiary/aromatic N) is 4. The molecule has 0 aliphatic heterocycles. The first-order chi connectivity index (χ1) is 11.9. The Kier molecular flexibility index (Phi) is 8.91. The molecule has 0 fully saturated rings. The Balaban J connectivity index is 1.58. The van der Waals surface area contributed by atoms with Gasteiger partial charge in [0.15, 0.2) is 0 Å². The monoisotopic (exact) mass is 329 g/mol. The van der Waals surface area contributed by atoms with Gasteiger partial charge in [-0.1, -0.05) is 93.7 Å². The maximum atomic E-state index is 4.09. The van der Waals surface area contributed by atoms with Crippen LogP contribution in [-0.2, 0) is 13.1 Å². The van der Waals surface area contributed by atoms with Crippen LogP contribution in [0.1, 0.15) is 70.3 Å². The van der Waals surface area contributed by atoms with E-state index in [4.69, 9.17) is 0 Å². The lowest BCUT2D eigenvalue weighted by molar-refractivity contribution is 0.511. The fourth-order valence-corrected chi connectivity index (χ4v) is 2.83. The Hall–Kier alpha value is -1.91. The average molecular weight is 329 g/mol. The third-order valence-corrected chi connectivity index (χ3v) is 4.30. The number of nitrogens with one attached hydrogen (secondary N) is 1. The number of aromatic nitrogens is 4. The summed E-state index contributed by atoms with van der Waals surface area (Å²) in [6.07, 6.45) is 12.0. The first-order valence-corrected chi connectivity index (χ1v) is 9.44. The van der Waals surface area contributed by atoms with Crippen LogP contribution in [-0.4, -0.2) is 20.2 Å². The Morgan fingerprint density at radius 3 is 2.25 bits per heavy atom. The smallest absolute Gasteiger partial charge is 0.243 e. The van der Waals surface area contributed by atoms with Crippen molar-refractivity contribution >= 4 is 5.95 Å². The lowest BCUT2D eigenvalue weighted by atomic mass is 10.1. The molecule has 0 spiro atoms. The average Bonchev–Trinajstić information content (AvgIpc) is 3.07. The summed E-state index contributed by atoms with van der Waals surface area (Å²) in [5.74, 6) is 0.762. The fourth-order valence-electron chi connectivity index (χ4n) is 2.83. The van der Waals surface area contributed by atoms with Gasteiger partial charge in [-0.2, -0.15) is 0 Å². The summed E-state index contributed by atoms with van der Waals surface area (Å²) in [5.41, 5.74) is 1.23. The Labute approximate surface area is 145 Å². The molecule has 5 heteroatoms. The highest BCUT2D eigenvalue weighted by atomic mass is 15.6. The van der Waals surface area contributed by atoms with Crippen LogP contribution in [0.25, 0.3) is 0 Å². The normalized spacial score (nSPS) is 10.9. The maximum absolute atomic E-state index is 4.09. The molecule has 0 bridgehead atoms. The zero-order valence-corrected chi connectivity index (χ0v) is 15.0. The summed E-state index contributed by atoms with van der Waals surface area (Å²) >= 11 is 0. The Morgan fingerprint density at radius 2 is 1.54 bits per heavy atom. The molecule has 1 aromatic carbocycles. The van der Waals surface area contributed by atoms with Crippen molar-refractivity contribution in [2.45, 2.75) is 77.8 Å². The van der Waals surface area contributed by atoms with Gasteiger partial charge in [0.25, 0.3) is 0 Å².